The number of halogens is 2. The summed E-state index contributed by atoms with van der Waals surface area (Å²) in [6.07, 6.45) is 0. The first-order valence-corrected chi connectivity index (χ1v) is 5.20. The Bertz CT molecular complexity index is 173. The van der Waals surface area contributed by atoms with Gasteiger partial charge in [0.2, 0.25) is 0 Å². The molecule has 0 N–H and O–H groups in total. The summed E-state index contributed by atoms with van der Waals surface area (Å²) >= 11 is 7.48. The lowest BCUT2D eigenvalue weighted by atomic mass is 10.4. The van der Waals surface area contributed by atoms with Crippen LogP contribution < -0.4 is 0 Å². The zero-order valence-electron chi connectivity index (χ0n) is 4.03. The first-order chi connectivity index (χ1) is 3.83. The van der Waals surface area contributed by atoms with Gasteiger partial charge >= 0.3 is 0 Å². The van der Waals surface area contributed by atoms with Gasteiger partial charge in [0.1, 0.15) is 0 Å². The molecule has 1 heterocycles. The van der Waals surface area contributed by atoms with E-state index in [0.717, 1.165) is 5.33 Å². The Hall–Kier alpha value is 0.910. The SMILES string of the molecule is BrCc1csc(I)c1. The summed E-state index contributed by atoms with van der Waals surface area (Å²) in [6.45, 7) is 0. The van der Waals surface area contributed by atoms with E-state index >= 15 is 0 Å². The minimum Gasteiger partial charge on any atom is -0.137 e. The van der Waals surface area contributed by atoms with Crippen molar-refractivity contribution in [2.24, 2.45) is 0 Å². The molecule has 1 rings (SSSR count). The average Bonchev–Trinajstić information content (AvgIpc) is 2.14. The van der Waals surface area contributed by atoms with E-state index < -0.39 is 0 Å². The molecule has 8 heavy (non-hydrogen) atoms. The lowest BCUT2D eigenvalue weighted by Gasteiger charge is -1.77. The second-order valence-corrected chi connectivity index (χ2v) is 4.76. The highest BCUT2D eigenvalue weighted by Gasteiger charge is 1.91. The Kier molecular flexibility index (Phi) is 2.79. The fraction of sp³-hybridized carbons (Fsp3) is 0.200. The van der Waals surface area contributed by atoms with Crippen LogP contribution in [0.25, 0.3) is 0 Å². The van der Waals surface area contributed by atoms with Crippen molar-refractivity contribution in [2.45, 2.75) is 5.33 Å². The van der Waals surface area contributed by atoms with Gasteiger partial charge in [0, 0.05) is 5.33 Å². The summed E-state index contributed by atoms with van der Waals surface area (Å²) in [6, 6.07) is 2.18. The van der Waals surface area contributed by atoms with E-state index in [9.17, 15) is 0 Å². The molecule has 0 aliphatic rings. The summed E-state index contributed by atoms with van der Waals surface area (Å²) < 4.78 is 1.36. The van der Waals surface area contributed by atoms with Crippen molar-refractivity contribution in [3.05, 3.63) is 19.9 Å². The third-order valence-electron chi connectivity index (χ3n) is 0.776. The Morgan fingerprint density at radius 3 is 2.75 bits per heavy atom. The van der Waals surface area contributed by atoms with Crippen LogP contribution in [0.5, 0.6) is 0 Å². The highest BCUT2D eigenvalue weighted by molar-refractivity contribution is 14.1. The molecule has 0 aliphatic carbocycles. The van der Waals surface area contributed by atoms with Crippen molar-refractivity contribution in [3.8, 4) is 0 Å². The van der Waals surface area contributed by atoms with E-state index in [-0.39, 0.29) is 0 Å². The third kappa shape index (κ3) is 1.70. The maximum atomic E-state index is 3.37. The second-order valence-electron chi connectivity index (χ2n) is 1.39. The third-order valence-corrected chi connectivity index (χ3v) is 3.26. The quantitative estimate of drug-likeness (QED) is 0.552. The van der Waals surface area contributed by atoms with Gasteiger partial charge in [-0.25, -0.2) is 0 Å². The molecule has 0 saturated carbocycles. The minimum atomic E-state index is 0.979. The monoisotopic (exact) mass is 302 g/mol. The summed E-state index contributed by atoms with van der Waals surface area (Å²) in [5.74, 6) is 0. The van der Waals surface area contributed by atoms with Crippen molar-refractivity contribution in [3.63, 3.8) is 0 Å². The number of hydrogen-bond acceptors (Lipinski definition) is 1. The van der Waals surface area contributed by atoms with Crippen LogP contribution in [0.15, 0.2) is 11.4 Å². The largest absolute Gasteiger partial charge is 0.137 e. The van der Waals surface area contributed by atoms with Crippen LogP contribution in [0.3, 0.4) is 0 Å². The van der Waals surface area contributed by atoms with Crippen LogP contribution in [-0.2, 0) is 5.33 Å². The molecule has 0 atom stereocenters. The molecule has 1 aromatic rings. The molecule has 44 valence electrons. The smallest absolute Gasteiger partial charge is 0.0656 e. The van der Waals surface area contributed by atoms with Crippen LogP contribution in [-0.4, -0.2) is 0 Å². The van der Waals surface area contributed by atoms with Crippen LogP contribution >= 0.6 is 49.9 Å². The highest BCUT2D eigenvalue weighted by atomic mass is 127. The van der Waals surface area contributed by atoms with Crippen molar-refractivity contribution < 1.29 is 0 Å². The van der Waals surface area contributed by atoms with Gasteiger partial charge in [-0.05, 0) is 39.6 Å². The lowest BCUT2D eigenvalue weighted by Crippen LogP contribution is -1.63. The van der Waals surface area contributed by atoms with Gasteiger partial charge in [0.25, 0.3) is 0 Å². The van der Waals surface area contributed by atoms with Crippen molar-refractivity contribution in [1.29, 1.82) is 0 Å². The Balaban J connectivity index is 2.84. The van der Waals surface area contributed by atoms with E-state index in [2.05, 4.69) is 50.0 Å². The Morgan fingerprint density at radius 1 is 1.75 bits per heavy atom. The van der Waals surface area contributed by atoms with Crippen LogP contribution in [0.1, 0.15) is 5.56 Å². The first-order valence-electron chi connectivity index (χ1n) is 2.12. The summed E-state index contributed by atoms with van der Waals surface area (Å²) in [5.41, 5.74) is 1.37. The zero-order chi connectivity index (χ0) is 5.98. The van der Waals surface area contributed by atoms with Gasteiger partial charge in [0.05, 0.1) is 2.88 Å². The van der Waals surface area contributed by atoms with E-state index in [1.54, 1.807) is 11.3 Å². The van der Waals surface area contributed by atoms with E-state index in [1.165, 1.54) is 8.45 Å². The summed E-state index contributed by atoms with van der Waals surface area (Å²) in [4.78, 5) is 0. The normalized spacial score (nSPS) is 9.75. The number of hydrogen-bond donors (Lipinski definition) is 0. The zero-order valence-corrected chi connectivity index (χ0v) is 8.59. The van der Waals surface area contributed by atoms with Crippen molar-refractivity contribution in [1.82, 2.24) is 0 Å². The van der Waals surface area contributed by atoms with Crippen LogP contribution in [0.4, 0.5) is 0 Å². The Morgan fingerprint density at radius 2 is 2.50 bits per heavy atom. The lowest BCUT2D eigenvalue weighted by molar-refractivity contribution is 1.50. The molecular weight excluding hydrogens is 299 g/mol. The fourth-order valence-electron chi connectivity index (χ4n) is 0.416. The van der Waals surface area contributed by atoms with Crippen molar-refractivity contribution >= 4 is 49.9 Å². The molecule has 0 saturated heterocycles. The van der Waals surface area contributed by atoms with E-state index in [0.29, 0.717) is 0 Å². The molecule has 1 aromatic heterocycles. The fourth-order valence-corrected chi connectivity index (χ4v) is 2.37. The molecule has 0 unspecified atom stereocenters. The molecule has 0 spiro atoms. The summed E-state index contributed by atoms with van der Waals surface area (Å²) in [5, 5.41) is 3.14. The standard InChI is InChI=1S/C5H4BrIS/c6-2-4-1-5(7)8-3-4/h1,3H,2H2. The number of thiophene rings is 1. The minimum absolute atomic E-state index is 0.979. The van der Waals surface area contributed by atoms with Gasteiger partial charge in [-0.2, -0.15) is 0 Å². The molecule has 0 fully saturated rings. The average molecular weight is 303 g/mol. The summed E-state index contributed by atoms with van der Waals surface area (Å²) in [7, 11) is 0. The second kappa shape index (κ2) is 3.17. The van der Waals surface area contributed by atoms with Crippen LogP contribution in [0, 0.1) is 2.88 Å². The van der Waals surface area contributed by atoms with Crippen LogP contribution in [0.2, 0.25) is 0 Å². The molecule has 0 aliphatic heterocycles. The highest BCUT2D eigenvalue weighted by Crippen LogP contribution is 2.17. The molecule has 0 bridgehead atoms. The van der Waals surface area contributed by atoms with Gasteiger partial charge in [-0.15, -0.1) is 11.3 Å². The van der Waals surface area contributed by atoms with Crippen molar-refractivity contribution in [2.75, 3.05) is 0 Å². The van der Waals surface area contributed by atoms with Gasteiger partial charge in [0.15, 0.2) is 0 Å². The van der Waals surface area contributed by atoms with E-state index in [4.69, 9.17) is 0 Å². The molecule has 3 heteroatoms. The maximum Gasteiger partial charge on any atom is 0.0656 e. The van der Waals surface area contributed by atoms with Gasteiger partial charge in [-0.3, -0.25) is 0 Å². The number of rotatable bonds is 1. The maximum absolute atomic E-state index is 3.37. The topological polar surface area (TPSA) is 0 Å². The van der Waals surface area contributed by atoms with Gasteiger partial charge in [-0.1, -0.05) is 15.9 Å². The molecule has 0 aromatic carbocycles. The first kappa shape index (κ1) is 7.02. The predicted molar refractivity (Wildman–Crippen MR) is 49.7 cm³/mol. The van der Waals surface area contributed by atoms with E-state index in [1.807, 2.05) is 0 Å². The molecule has 0 amide bonds. The Labute approximate surface area is 74.6 Å². The van der Waals surface area contributed by atoms with Gasteiger partial charge < -0.3 is 0 Å². The molecule has 0 radical (unpaired) electrons. The number of alkyl halides is 1. The predicted octanol–water partition coefficient (Wildman–Crippen LogP) is 3.25. The molecular formula is C5H4BrIS. The molecule has 0 nitrogen and oxygen atoms in total.